The van der Waals surface area contributed by atoms with Gasteiger partial charge in [0.25, 0.3) is 0 Å². The van der Waals surface area contributed by atoms with Crippen molar-refractivity contribution >= 4 is 23.4 Å². The topological polar surface area (TPSA) is 67.9 Å². The smallest absolute Gasteiger partial charge is 0.230 e. The van der Waals surface area contributed by atoms with Crippen molar-refractivity contribution in [1.82, 2.24) is 10.2 Å². The molecule has 138 valence electrons. The molecule has 7 heteroatoms. The first kappa shape index (κ1) is 17.5. The third kappa shape index (κ3) is 2.73. The summed E-state index contributed by atoms with van der Waals surface area (Å²) in [6, 6.07) is 7.48. The summed E-state index contributed by atoms with van der Waals surface area (Å²) in [6.07, 6.45) is 3.52. The van der Waals surface area contributed by atoms with E-state index in [0.29, 0.717) is 31.3 Å². The second-order valence-corrected chi connectivity index (χ2v) is 7.38. The standard InChI is InChI=1S/C19H21ClN2O4/c1-25-9-8-21-17(23)15-14-6-7-19(26-14)11-22(18(24)16(15)19)10-12-4-2-3-5-13(12)20/h2-7,14-16H,8-11H2,1H3,(H,21,23). The van der Waals surface area contributed by atoms with Crippen LogP contribution in [0, 0.1) is 11.8 Å². The van der Waals surface area contributed by atoms with Crippen LogP contribution < -0.4 is 5.32 Å². The highest BCUT2D eigenvalue weighted by Gasteiger charge is 2.66. The highest BCUT2D eigenvalue weighted by Crippen LogP contribution is 2.52. The number of fused-ring (bicyclic) bond motifs is 1. The predicted molar refractivity (Wildman–Crippen MR) is 95.5 cm³/mol. The van der Waals surface area contributed by atoms with Crippen molar-refractivity contribution in [3.8, 4) is 0 Å². The van der Waals surface area contributed by atoms with Crippen molar-refractivity contribution in [2.75, 3.05) is 26.8 Å². The van der Waals surface area contributed by atoms with Crippen LogP contribution in [0.2, 0.25) is 5.02 Å². The van der Waals surface area contributed by atoms with Crippen LogP contribution in [-0.4, -0.2) is 55.2 Å². The highest BCUT2D eigenvalue weighted by atomic mass is 35.5. The third-order valence-corrected chi connectivity index (χ3v) is 5.77. The van der Waals surface area contributed by atoms with Crippen molar-refractivity contribution in [3.05, 3.63) is 47.0 Å². The van der Waals surface area contributed by atoms with Gasteiger partial charge in [0.15, 0.2) is 0 Å². The maximum Gasteiger partial charge on any atom is 0.230 e. The lowest BCUT2D eigenvalue weighted by atomic mass is 9.77. The molecule has 1 N–H and O–H groups in total. The Kier molecular flexibility index (Phi) is 4.50. The molecule has 1 aromatic rings. The predicted octanol–water partition coefficient (Wildman–Crippen LogP) is 1.38. The van der Waals surface area contributed by atoms with Gasteiger partial charge < -0.3 is 19.7 Å². The van der Waals surface area contributed by atoms with Crippen molar-refractivity contribution in [2.45, 2.75) is 18.2 Å². The lowest BCUT2D eigenvalue weighted by Crippen LogP contribution is -2.44. The van der Waals surface area contributed by atoms with E-state index < -0.39 is 17.4 Å². The molecule has 4 atom stereocenters. The molecule has 2 saturated heterocycles. The maximum absolute atomic E-state index is 13.1. The molecule has 4 unspecified atom stereocenters. The molecule has 2 fully saturated rings. The molecule has 0 saturated carbocycles. The molecule has 2 amide bonds. The van der Waals surface area contributed by atoms with Gasteiger partial charge in [-0.15, -0.1) is 0 Å². The molecule has 1 spiro atoms. The summed E-state index contributed by atoms with van der Waals surface area (Å²) in [5.41, 5.74) is 0.185. The molecule has 3 heterocycles. The van der Waals surface area contributed by atoms with Crippen LogP contribution in [0.5, 0.6) is 0 Å². The Bertz CT molecular complexity index is 768. The average molecular weight is 377 g/mol. The summed E-state index contributed by atoms with van der Waals surface area (Å²) in [5, 5.41) is 3.47. The van der Waals surface area contributed by atoms with E-state index in [1.165, 1.54) is 0 Å². The zero-order chi connectivity index (χ0) is 18.3. The second kappa shape index (κ2) is 6.68. The zero-order valence-electron chi connectivity index (χ0n) is 14.5. The van der Waals surface area contributed by atoms with Crippen molar-refractivity contribution < 1.29 is 19.1 Å². The number of amides is 2. The molecule has 3 aliphatic heterocycles. The number of benzene rings is 1. The van der Waals surface area contributed by atoms with E-state index in [9.17, 15) is 9.59 Å². The van der Waals surface area contributed by atoms with Crippen LogP contribution in [0.25, 0.3) is 0 Å². The number of carbonyl (C=O) groups excluding carboxylic acids is 2. The second-order valence-electron chi connectivity index (χ2n) is 6.97. The van der Waals surface area contributed by atoms with Gasteiger partial charge in [0.2, 0.25) is 11.8 Å². The minimum atomic E-state index is -0.702. The molecule has 26 heavy (non-hydrogen) atoms. The van der Waals surface area contributed by atoms with Crippen LogP contribution in [0.1, 0.15) is 5.56 Å². The number of halogens is 1. The van der Waals surface area contributed by atoms with Gasteiger partial charge in [-0.1, -0.05) is 42.0 Å². The molecule has 1 aromatic carbocycles. The number of likely N-dealkylation sites (tertiary alicyclic amines) is 1. The fourth-order valence-electron chi connectivity index (χ4n) is 4.24. The zero-order valence-corrected chi connectivity index (χ0v) is 15.2. The van der Waals surface area contributed by atoms with Gasteiger partial charge in [-0.05, 0) is 11.6 Å². The summed E-state index contributed by atoms with van der Waals surface area (Å²) in [6.45, 7) is 1.70. The van der Waals surface area contributed by atoms with Gasteiger partial charge in [-0.25, -0.2) is 0 Å². The van der Waals surface area contributed by atoms with Crippen LogP contribution >= 0.6 is 11.6 Å². The van der Waals surface area contributed by atoms with Gasteiger partial charge in [-0.3, -0.25) is 9.59 Å². The summed E-state index contributed by atoms with van der Waals surface area (Å²) in [4.78, 5) is 27.5. The summed E-state index contributed by atoms with van der Waals surface area (Å²) in [5.74, 6) is -1.19. The van der Waals surface area contributed by atoms with Gasteiger partial charge in [0.05, 0.1) is 31.1 Å². The Balaban J connectivity index is 1.53. The number of methoxy groups -OCH3 is 1. The number of hydrogen-bond acceptors (Lipinski definition) is 4. The Hall–Kier alpha value is -1.89. The van der Waals surface area contributed by atoms with E-state index in [1.807, 2.05) is 36.4 Å². The molecule has 0 aromatic heterocycles. The lowest BCUT2D eigenvalue weighted by molar-refractivity contribution is -0.137. The average Bonchev–Trinajstić information content (AvgIpc) is 3.26. The monoisotopic (exact) mass is 376 g/mol. The van der Waals surface area contributed by atoms with E-state index in [1.54, 1.807) is 12.0 Å². The van der Waals surface area contributed by atoms with Crippen LogP contribution in [0.3, 0.4) is 0 Å². The molecule has 0 aliphatic carbocycles. The van der Waals surface area contributed by atoms with Crippen molar-refractivity contribution in [2.24, 2.45) is 11.8 Å². The normalized spacial score (nSPS) is 31.5. The van der Waals surface area contributed by atoms with E-state index in [2.05, 4.69) is 5.32 Å². The third-order valence-electron chi connectivity index (χ3n) is 5.41. The summed E-state index contributed by atoms with van der Waals surface area (Å²) < 4.78 is 11.1. The highest BCUT2D eigenvalue weighted by molar-refractivity contribution is 6.31. The molecule has 6 nitrogen and oxygen atoms in total. The number of nitrogens with zero attached hydrogens (tertiary/aromatic N) is 1. The maximum atomic E-state index is 13.1. The van der Waals surface area contributed by atoms with E-state index in [4.69, 9.17) is 21.1 Å². The minimum Gasteiger partial charge on any atom is -0.383 e. The van der Waals surface area contributed by atoms with Gasteiger partial charge in [0.1, 0.15) is 5.60 Å². The first-order chi connectivity index (χ1) is 12.6. The Morgan fingerprint density at radius 2 is 2.27 bits per heavy atom. The van der Waals surface area contributed by atoms with Crippen LogP contribution in [0.15, 0.2) is 36.4 Å². The number of carbonyl (C=O) groups is 2. The number of nitrogens with one attached hydrogen (secondary N) is 1. The van der Waals surface area contributed by atoms with E-state index >= 15 is 0 Å². The largest absolute Gasteiger partial charge is 0.383 e. The SMILES string of the molecule is COCCNC(=O)C1C2C=CC3(CN(Cc4ccccc4Cl)C(=O)C13)O2. The van der Waals surface area contributed by atoms with Crippen molar-refractivity contribution in [3.63, 3.8) is 0 Å². The van der Waals surface area contributed by atoms with Gasteiger partial charge >= 0.3 is 0 Å². The first-order valence-corrected chi connectivity index (χ1v) is 9.09. The van der Waals surface area contributed by atoms with Crippen LogP contribution in [-0.2, 0) is 25.6 Å². The van der Waals surface area contributed by atoms with Gasteiger partial charge in [0, 0.05) is 25.2 Å². The molecule has 2 bridgehead atoms. The number of hydrogen-bond donors (Lipinski definition) is 1. The van der Waals surface area contributed by atoms with Crippen molar-refractivity contribution in [1.29, 1.82) is 0 Å². The summed E-state index contributed by atoms with van der Waals surface area (Å²) in [7, 11) is 1.58. The molecule has 3 aliphatic rings. The fourth-order valence-corrected chi connectivity index (χ4v) is 4.43. The Labute approximate surface area is 157 Å². The quantitative estimate of drug-likeness (QED) is 0.601. The number of rotatable bonds is 6. The number of ether oxygens (including phenoxy) is 2. The molecule has 4 rings (SSSR count). The van der Waals surface area contributed by atoms with Gasteiger partial charge in [-0.2, -0.15) is 0 Å². The molecular formula is C19H21ClN2O4. The molecular weight excluding hydrogens is 356 g/mol. The first-order valence-electron chi connectivity index (χ1n) is 8.72. The van der Waals surface area contributed by atoms with E-state index in [-0.39, 0.29) is 17.9 Å². The lowest BCUT2D eigenvalue weighted by Gasteiger charge is -2.23. The Morgan fingerprint density at radius 3 is 3.04 bits per heavy atom. The Morgan fingerprint density at radius 1 is 1.46 bits per heavy atom. The minimum absolute atomic E-state index is 0.0522. The fraction of sp³-hybridized carbons (Fsp3) is 0.474. The molecule has 0 radical (unpaired) electrons. The summed E-state index contributed by atoms with van der Waals surface area (Å²) >= 11 is 6.24. The van der Waals surface area contributed by atoms with E-state index in [0.717, 1.165) is 5.56 Å². The van der Waals surface area contributed by atoms with Crippen LogP contribution in [0.4, 0.5) is 0 Å².